The number of rotatable bonds is 45. The molecule has 0 bridgehead atoms. The molecule has 0 saturated heterocycles. The Bertz CT molecular complexity index is 1490. The maximum atomic E-state index is 5.69. The van der Waals surface area contributed by atoms with Crippen LogP contribution in [0, 0.1) is 0 Å². The van der Waals surface area contributed by atoms with Crippen LogP contribution in [0.15, 0.2) is 88.3 Å². The smallest absolute Gasteiger partial charge is 0.106 e. The Morgan fingerprint density at radius 3 is 0.800 bits per heavy atom. The molecule has 0 aliphatic heterocycles. The van der Waals surface area contributed by atoms with Crippen LogP contribution in [0.25, 0.3) is 0 Å². The van der Waals surface area contributed by atoms with Crippen molar-refractivity contribution in [3.8, 4) is 0 Å². The standard InChI is InChI=1S/C22H32N2O2S4.C13H21NO2S2.C12H26O2S2.C8H18O2S/c1-19(27-29-21-11-3-5-13-23-21)9-7-15-25-17-18-26-16-8-10-20(2)28-30-22-12-4-6-14-24-22;1-12(6-5-9-16-11-10-15-2)17-18-13-7-3-4-8-14-13;1-11(15)5-3-7-13-9-10-14-8-4-6-12(2)16;1-8(11)4-3-5-10-7-6-9-2/h3-6,11-14,19-20H,7-10,15-18H2,1-2H3;3-4,7-8,12H,5-6,9-11H2,1-2H3;11-12,15-16H,3-10H2,1-2H3;8,11H,3-7H2,1-2H3. The monoisotopic (exact) mass is 1220 g/mol. The molecule has 6 unspecified atom stereocenters. The van der Waals surface area contributed by atoms with Gasteiger partial charge >= 0.3 is 0 Å². The zero-order chi connectivity index (χ0) is 55.1. The van der Waals surface area contributed by atoms with Gasteiger partial charge in [0.15, 0.2) is 0 Å². The van der Waals surface area contributed by atoms with Gasteiger partial charge in [0.2, 0.25) is 0 Å². The van der Waals surface area contributed by atoms with Crippen molar-refractivity contribution in [3.63, 3.8) is 0 Å². The predicted octanol–water partition coefficient (Wildman–Crippen LogP) is 15.6. The molecule has 0 saturated carbocycles. The highest BCUT2D eigenvalue weighted by Gasteiger charge is 2.08. The minimum atomic E-state index is 0.475. The molecule has 11 nitrogen and oxygen atoms in total. The van der Waals surface area contributed by atoms with Crippen molar-refractivity contribution in [2.45, 2.75) is 165 Å². The zero-order valence-corrected chi connectivity index (χ0v) is 54.3. The number of hydrogen-bond donors (Lipinski definition) is 3. The molecule has 0 fully saturated rings. The number of pyridine rings is 3. The van der Waals surface area contributed by atoms with E-state index in [2.05, 4.69) is 94.4 Å². The molecule has 0 aromatic carbocycles. The van der Waals surface area contributed by atoms with E-state index in [0.717, 1.165) is 132 Å². The molecular weight excluding hydrogens is 1120 g/mol. The van der Waals surface area contributed by atoms with Gasteiger partial charge in [0, 0.05) is 88.2 Å². The molecule has 3 heterocycles. The van der Waals surface area contributed by atoms with E-state index in [9.17, 15) is 0 Å². The Morgan fingerprint density at radius 1 is 0.347 bits per heavy atom. The van der Waals surface area contributed by atoms with Crippen LogP contribution in [0.2, 0.25) is 0 Å². The van der Waals surface area contributed by atoms with E-state index in [1.165, 1.54) is 0 Å². The van der Waals surface area contributed by atoms with Crippen molar-refractivity contribution in [1.82, 2.24) is 15.0 Å². The number of aromatic nitrogens is 3. The van der Waals surface area contributed by atoms with Gasteiger partial charge in [-0.3, -0.25) is 0 Å². The Balaban J connectivity index is 0.00000105. The van der Waals surface area contributed by atoms with Crippen LogP contribution in [-0.4, -0.2) is 153 Å². The number of thiol groups is 3. The van der Waals surface area contributed by atoms with Crippen molar-refractivity contribution < 1.29 is 37.9 Å². The van der Waals surface area contributed by atoms with Crippen LogP contribution >= 0.6 is 103 Å². The summed E-state index contributed by atoms with van der Waals surface area (Å²) < 4.78 is 42.7. The summed E-state index contributed by atoms with van der Waals surface area (Å²) >= 11 is 12.9. The van der Waals surface area contributed by atoms with Gasteiger partial charge in [-0.05, 0) is 162 Å². The van der Waals surface area contributed by atoms with Crippen molar-refractivity contribution >= 4 is 103 Å². The Labute approximate surface area is 496 Å². The molecule has 3 aromatic heterocycles. The van der Waals surface area contributed by atoms with Crippen LogP contribution in [0.3, 0.4) is 0 Å². The van der Waals surface area contributed by atoms with E-state index < -0.39 is 0 Å². The second-order valence-electron chi connectivity index (χ2n) is 17.5. The van der Waals surface area contributed by atoms with Crippen molar-refractivity contribution in [2.75, 3.05) is 107 Å². The number of hydrogen-bond acceptors (Lipinski definition) is 20. The van der Waals surface area contributed by atoms with E-state index in [4.69, 9.17) is 37.9 Å². The molecule has 0 radical (unpaired) electrons. The summed E-state index contributed by atoms with van der Waals surface area (Å²) in [6.45, 7) is 23.5. The molecule has 0 amide bonds. The molecule has 20 heteroatoms. The molecule has 0 aliphatic rings. The topological polar surface area (TPSA) is 113 Å². The van der Waals surface area contributed by atoms with Gasteiger partial charge in [0.05, 0.1) is 52.9 Å². The summed E-state index contributed by atoms with van der Waals surface area (Å²) in [7, 11) is 14.2. The molecule has 3 aromatic rings. The fourth-order valence-electron chi connectivity index (χ4n) is 5.72. The summed E-state index contributed by atoms with van der Waals surface area (Å²) in [5.74, 6) is 0. The van der Waals surface area contributed by atoms with Gasteiger partial charge in [0.1, 0.15) is 15.1 Å². The summed E-state index contributed by atoms with van der Waals surface area (Å²) in [5.41, 5.74) is 0. The van der Waals surface area contributed by atoms with E-state index in [1.54, 1.807) is 46.6 Å². The zero-order valence-electron chi connectivity index (χ0n) is 46.7. The Morgan fingerprint density at radius 2 is 0.587 bits per heavy atom. The van der Waals surface area contributed by atoms with E-state index in [0.29, 0.717) is 84.4 Å². The third-order valence-corrected chi connectivity index (χ3v) is 19.2. The maximum absolute atomic E-state index is 5.69. The van der Waals surface area contributed by atoms with Crippen molar-refractivity contribution in [1.29, 1.82) is 0 Å². The minimum Gasteiger partial charge on any atom is -0.382 e. The van der Waals surface area contributed by atoms with Gasteiger partial charge in [-0.25, -0.2) is 15.0 Å². The second-order valence-corrected chi connectivity index (χ2v) is 28.2. The SMILES string of the molecule is CC(CCCOCCOCCCC(C)SSc1ccccn1)SSc1ccccn1.CC(S)CCCOCCOCCCC(C)S.COCCOCCCC(C)S.COCCOCCCC(C)SSc1ccccn1. The van der Waals surface area contributed by atoms with Crippen molar-refractivity contribution in [2.24, 2.45) is 0 Å². The number of nitrogens with zero attached hydrogens (tertiary/aromatic N) is 3. The lowest BCUT2D eigenvalue weighted by atomic mass is 10.2. The maximum Gasteiger partial charge on any atom is 0.106 e. The molecule has 6 atom stereocenters. The van der Waals surface area contributed by atoms with Gasteiger partial charge in [0.25, 0.3) is 0 Å². The minimum absolute atomic E-state index is 0.475. The summed E-state index contributed by atoms with van der Waals surface area (Å²) in [6, 6.07) is 18.0. The first kappa shape index (κ1) is 75.3. The summed E-state index contributed by atoms with van der Waals surface area (Å²) in [5, 5.41) is 6.45. The quantitative estimate of drug-likeness (QED) is 0.0283. The van der Waals surface area contributed by atoms with E-state index >= 15 is 0 Å². The van der Waals surface area contributed by atoms with Crippen LogP contribution < -0.4 is 0 Å². The van der Waals surface area contributed by atoms with Crippen LogP contribution in [0.4, 0.5) is 0 Å². The van der Waals surface area contributed by atoms with Crippen LogP contribution in [0.1, 0.15) is 119 Å². The Kier molecular flexibility index (Phi) is 59.1. The third-order valence-electron chi connectivity index (χ3n) is 9.84. The summed E-state index contributed by atoms with van der Waals surface area (Å²) in [4.78, 5) is 12.9. The average Bonchev–Trinajstić information content (AvgIpc) is 3.41. The molecule has 434 valence electrons. The predicted molar refractivity (Wildman–Crippen MR) is 341 cm³/mol. The molecule has 0 aliphatic carbocycles. The molecule has 0 N–H and O–H groups in total. The highest BCUT2D eigenvalue weighted by molar-refractivity contribution is 8.77. The normalized spacial score (nSPS) is 13.5. The Hall–Kier alpha value is 0.280. The van der Waals surface area contributed by atoms with Crippen LogP contribution in [-0.2, 0) is 37.9 Å². The van der Waals surface area contributed by atoms with Gasteiger partial charge in [-0.2, -0.15) is 37.9 Å². The van der Waals surface area contributed by atoms with Gasteiger partial charge < -0.3 is 37.9 Å². The molecule has 3 rings (SSSR count). The van der Waals surface area contributed by atoms with Crippen LogP contribution in [0.5, 0.6) is 0 Å². The lowest BCUT2D eigenvalue weighted by molar-refractivity contribution is 0.0452. The largest absolute Gasteiger partial charge is 0.382 e. The highest BCUT2D eigenvalue weighted by Crippen LogP contribution is 2.36. The van der Waals surface area contributed by atoms with E-state index in [-0.39, 0.29) is 0 Å². The second kappa shape index (κ2) is 58.9. The lowest BCUT2D eigenvalue weighted by Crippen LogP contribution is -2.08. The van der Waals surface area contributed by atoms with Gasteiger partial charge in [-0.15, -0.1) is 0 Å². The molecule has 0 spiro atoms. The first-order valence-electron chi connectivity index (χ1n) is 26.7. The first-order chi connectivity index (χ1) is 36.5. The fraction of sp³-hybridized carbons (Fsp3) is 0.727. The molecule has 75 heavy (non-hydrogen) atoms. The number of ether oxygens (including phenoxy) is 8. The summed E-state index contributed by atoms with van der Waals surface area (Å²) in [6.07, 6.45) is 18.9. The first-order valence-corrected chi connectivity index (χ1v) is 34.9. The van der Waals surface area contributed by atoms with Gasteiger partial charge in [-0.1, -0.05) is 92.1 Å². The number of methoxy groups -OCH3 is 2. The van der Waals surface area contributed by atoms with Crippen molar-refractivity contribution in [3.05, 3.63) is 73.2 Å². The lowest BCUT2D eigenvalue weighted by Gasteiger charge is -2.11. The highest BCUT2D eigenvalue weighted by atomic mass is 33.1. The molecular formula is C55H97N3O8S9. The van der Waals surface area contributed by atoms with E-state index in [1.807, 2.05) is 106 Å². The average molecular weight is 1220 g/mol. The fourth-order valence-corrected chi connectivity index (χ4v) is 12.7. The third kappa shape index (κ3) is 58.7.